The van der Waals surface area contributed by atoms with E-state index in [0.29, 0.717) is 0 Å². The molecule has 0 rings (SSSR count). The van der Waals surface area contributed by atoms with Crippen LogP contribution in [0, 0.1) is 0 Å². The minimum absolute atomic E-state index is 0.254. The molecule has 0 fully saturated rings. The van der Waals surface area contributed by atoms with Gasteiger partial charge in [0.2, 0.25) is 0 Å². The molecular formula is C8H17Si. The Kier molecular flexibility index (Phi) is 3.87. The van der Waals surface area contributed by atoms with E-state index in [4.69, 9.17) is 0 Å². The van der Waals surface area contributed by atoms with Crippen molar-refractivity contribution in [1.82, 2.24) is 0 Å². The van der Waals surface area contributed by atoms with Crippen molar-refractivity contribution >= 4 is 8.80 Å². The molecule has 0 aliphatic heterocycles. The third kappa shape index (κ3) is 2.85. The first-order chi connectivity index (χ1) is 4.09. The summed E-state index contributed by atoms with van der Waals surface area (Å²) in [7, 11) is -0.254. The zero-order valence-electron chi connectivity index (χ0n) is 6.94. The summed E-state index contributed by atoms with van der Waals surface area (Å²) < 4.78 is 0. The van der Waals surface area contributed by atoms with Crippen LogP contribution in [0.4, 0.5) is 0 Å². The van der Waals surface area contributed by atoms with Crippen LogP contribution >= 0.6 is 0 Å². The lowest BCUT2D eigenvalue weighted by Gasteiger charge is -2.17. The molecule has 0 unspecified atom stereocenters. The van der Waals surface area contributed by atoms with E-state index >= 15 is 0 Å². The van der Waals surface area contributed by atoms with Gasteiger partial charge in [0.15, 0.2) is 0 Å². The lowest BCUT2D eigenvalue weighted by atomic mass is 10.5. The molecule has 0 saturated carbocycles. The fourth-order valence-electron chi connectivity index (χ4n) is 1.14. The van der Waals surface area contributed by atoms with E-state index in [1.165, 1.54) is 0 Å². The maximum absolute atomic E-state index is 3.85. The molecule has 0 saturated heterocycles. The molecule has 0 atom stereocenters. The SMILES string of the molecule is C=C[Si](C(C)C)C(C)C. The second-order valence-electron chi connectivity index (χ2n) is 3.01. The molecule has 0 N–H and O–H groups in total. The van der Waals surface area contributed by atoms with Crippen LogP contribution in [0.25, 0.3) is 0 Å². The standard InChI is InChI=1S/C8H17Si/c1-6-9(7(2)3)8(4)5/h6-8H,1H2,2-5H3. The molecule has 0 aromatic heterocycles. The van der Waals surface area contributed by atoms with Gasteiger partial charge in [-0.3, -0.25) is 0 Å². The highest BCUT2D eigenvalue weighted by Gasteiger charge is 2.14. The Morgan fingerprint density at radius 3 is 1.44 bits per heavy atom. The highest BCUT2D eigenvalue weighted by atomic mass is 28.3. The van der Waals surface area contributed by atoms with Gasteiger partial charge in [-0.05, 0) is 11.1 Å². The summed E-state index contributed by atoms with van der Waals surface area (Å²) in [5.74, 6) is 0. The average molecular weight is 141 g/mol. The summed E-state index contributed by atoms with van der Waals surface area (Å²) in [5, 5.41) is 0. The highest BCUT2D eigenvalue weighted by Crippen LogP contribution is 2.19. The highest BCUT2D eigenvalue weighted by molar-refractivity contribution is 6.66. The van der Waals surface area contributed by atoms with Crippen molar-refractivity contribution in [1.29, 1.82) is 0 Å². The quantitative estimate of drug-likeness (QED) is 0.530. The Hall–Kier alpha value is -0.0431. The third-order valence-corrected chi connectivity index (χ3v) is 4.71. The normalized spacial score (nSPS) is 11.4. The second kappa shape index (κ2) is 3.88. The largest absolute Gasteiger partial charge is 0.107 e. The van der Waals surface area contributed by atoms with Gasteiger partial charge >= 0.3 is 0 Å². The lowest BCUT2D eigenvalue weighted by Crippen LogP contribution is -2.17. The van der Waals surface area contributed by atoms with Crippen LogP contribution in [-0.4, -0.2) is 8.80 Å². The second-order valence-corrected chi connectivity index (χ2v) is 6.73. The van der Waals surface area contributed by atoms with Gasteiger partial charge in [-0.15, -0.1) is 12.3 Å². The smallest absolute Gasteiger partial charge is 0.0803 e. The van der Waals surface area contributed by atoms with Crippen LogP contribution in [0.2, 0.25) is 11.1 Å². The van der Waals surface area contributed by atoms with Crippen LogP contribution in [0.3, 0.4) is 0 Å². The third-order valence-electron chi connectivity index (χ3n) is 1.57. The maximum atomic E-state index is 3.85. The van der Waals surface area contributed by atoms with E-state index in [2.05, 4.69) is 40.0 Å². The molecule has 9 heavy (non-hydrogen) atoms. The number of hydrogen-bond acceptors (Lipinski definition) is 0. The van der Waals surface area contributed by atoms with Crippen molar-refractivity contribution < 1.29 is 0 Å². The van der Waals surface area contributed by atoms with Gasteiger partial charge in [0.1, 0.15) is 0 Å². The van der Waals surface area contributed by atoms with Gasteiger partial charge < -0.3 is 0 Å². The molecule has 53 valence electrons. The maximum Gasteiger partial charge on any atom is 0.0803 e. The summed E-state index contributed by atoms with van der Waals surface area (Å²) in [4.78, 5) is 0. The molecule has 0 aromatic rings. The first-order valence-electron chi connectivity index (χ1n) is 3.58. The molecule has 0 aliphatic carbocycles. The summed E-state index contributed by atoms with van der Waals surface area (Å²) in [5.41, 5.74) is 3.85. The predicted molar refractivity (Wildman–Crippen MR) is 46.1 cm³/mol. The fraction of sp³-hybridized carbons (Fsp3) is 0.750. The molecule has 0 bridgehead atoms. The Bertz CT molecular complexity index is 76.6. The zero-order valence-corrected chi connectivity index (χ0v) is 7.94. The predicted octanol–water partition coefficient (Wildman–Crippen LogP) is 3.03. The Labute approximate surface area is 60.6 Å². The molecule has 0 aliphatic rings. The lowest BCUT2D eigenvalue weighted by molar-refractivity contribution is 0.950. The summed E-state index contributed by atoms with van der Waals surface area (Å²) >= 11 is 0. The van der Waals surface area contributed by atoms with Crippen LogP contribution in [-0.2, 0) is 0 Å². The average Bonchev–Trinajstić information content (AvgIpc) is 1.64. The van der Waals surface area contributed by atoms with E-state index in [-0.39, 0.29) is 8.80 Å². The minimum atomic E-state index is -0.254. The first kappa shape index (κ1) is 8.96. The van der Waals surface area contributed by atoms with Crippen molar-refractivity contribution in [3.8, 4) is 0 Å². The van der Waals surface area contributed by atoms with Gasteiger partial charge in [-0.25, -0.2) is 0 Å². The van der Waals surface area contributed by atoms with Crippen LogP contribution in [0.15, 0.2) is 12.3 Å². The first-order valence-corrected chi connectivity index (χ1v) is 5.32. The summed E-state index contributed by atoms with van der Waals surface area (Å²) in [6, 6.07) is 0. The van der Waals surface area contributed by atoms with Crippen molar-refractivity contribution in [2.45, 2.75) is 38.8 Å². The van der Waals surface area contributed by atoms with Crippen molar-refractivity contribution in [3.05, 3.63) is 12.3 Å². The monoisotopic (exact) mass is 141 g/mol. The molecule has 0 heterocycles. The van der Waals surface area contributed by atoms with Crippen LogP contribution in [0.5, 0.6) is 0 Å². The minimum Gasteiger partial charge on any atom is -0.107 e. The summed E-state index contributed by atoms with van der Waals surface area (Å²) in [6.45, 7) is 13.0. The molecular weight excluding hydrogens is 124 g/mol. The van der Waals surface area contributed by atoms with E-state index in [0.717, 1.165) is 11.1 Å². The van der Waals surface area contributed by atoms with Crippen LogP contribution in [0.1, 0.15) is 27.7 Å². The zero-order chi connectivity index (χ0) is 7.44. The van der Waals surface area contributed by atoms with Crippen molar-refractivity contribution in [3.63, 3.8) is 0 Å². The fourth-order valence-corrected chi connectivity index (χ4v) is 3.41. The Morgan fingerprint density at radius 2 is 1.44 bits per heavy atom. The Morgan fingerprint density at radius 1 is 1.11 bits per heavy atom. The molecule has 0 aromatic carbocycles. The van der Waals surface area contributed by atoms with Gasteiger partial charge in [0, 0.05) is 0 Å². The van der Waals surface area contributed by atoms with Crippen LogP contribution < -0.4 is 0 Å². The van der Waals surface area contributed by atoms with E-state index in [1.54, 1.807) is 0 Å². The van der Waals surface area contributed by atoms with Gasteiger partial charge in [0.05, 0.1) is 8.80 Å². The van der Waals surface area contributed by atoms with E-state index < -0.39 is 0 Å². The van der Waals surface area contributed by atoms with Gasteiger partial charge in [-0.1, -0.05) is 27.7 Å². The van der Waals surface area contributed by atoms with Crippen molar-refractivity contribution in [2.75, 3.05) is 0 Å². The molecule has 0 nitrogen and oxygen atoms in total. The van der Waals surface area contributed by atoms with E-state index in [9.17, 15) is 0 Å². The number of rotatable bonds is 3. The summed E-state index contributed by atoms with van der Waals surface area (Å²) in [6.07, 6.45) is 0. The molecule has 1 radical (unpaired) electrons. The van der Waals surface area contributed by atoms with E-state index in [1.807, 2.05) is 0 Å². The van der Waals surface area contributed by atoms with Gasteiger partial charge in [0.25, 0.3) is 0 Å². The Balaban J connectivity index is 3.82. The molecule has 0 spiro atoms. The molecule has 1 heteroatoms. The molecule has 0 amide bonds. The van der Waals surface area contributed by atoms with Crippen molar-refractivity contribution in [2.24, 2.45) is 0 Å². The number of hydrogen-bond donors (Lipinski definition) is 0. The van der Waals surface area contributed by atoms with Gasteiger partial charge in [-0.2, -0.15) is 0 Å². The topological polar surface area (TPSA) is 0 Å².